The van der Waals surface area contributed by atoms with Crippen molar-refractivity contribution in [3.05, 3.63) is 23.1 Å². The molecule has 0 aromatic carbocycles. The third kappa shape index (κ3) is 3.49. The van der Waals surface area contributed by atoms with Gasteiger partial charge in [-0.2, -0.15) is 11.8 Å². The number of amides is 1. The number of aryl methyl sites for hydroxylation is 2. The lowest BCUT2D eigenvalue weighted by Gasteiger charge is -2.29. The number of nitrogens with zero attached hydrogens (tertiary/aromatic N) is 4. The van der Waals surface area contributed by atoms with E-state index in [4.69, 9.17) is 4.98 Å². The summed E-state index contributed by atoms with van der Waals surface area (Å²) in [4.78, 5) is 28.9. The van der Waals surface area contributed by atoms with Gasteiger partial charge in [0.1, 0.15) is 5.82 Å². The molecule has 2 aromatic rings. The van der Waals surface area contributed by atoms with Gasteiger partial charge >= 0.3 is 0 Å². The van der Waals surface area contributed by atoms with Gasteiger partial charge in [0, 0.05) is 36.3 Å². The van der Waals surface area contributed by atoms with Crippen molar-refractivity contribution in [1.29, 1.82) is 0 Å². The molecule has 1 N–H and O–H groups in total. The predicted molar refractivity (Wildman–Crippen MR) is 106 cm³/mol. The van der Waals surface area contributed by atoms with Crippen LogP contribution in [0.25, 0.3) is 11.0 Å². The number of carbonyl (C=O) groups excluding carboxylic acids is 1. The normalized spacial score (nSPS) is 18.5. The van der Waals surface area contributed by atoms with E-state index in [1.807, 2.05) is 18.7 Å². The zero-order valence-electron chi connectivity index (χ0n) is 15.4. The summed E-state index contributed by atoms with van der Waals surface area (Å²) < 4.78 is 0. The molecule has 1 amide bonds. The lowest BCUT2D eigenvalue weighted by Crippen LogP contribution is -2.36. The van der Waals surface area contributed by atoms with E-state index in [-0.39, 0.29) is 17.8 Å². The van der Waals surface area contributed by atoms with Crippen molar-refractivity contribution in [1.82, 2.24) is 20.3 Å². The number of anilines is 1. The van der Waals surface area contributed by atoms with Crippen LogP contribution in [0.15, 0.2) is 6.07 Å². The van der Waals surface area contributed by atoms with Gasteiger partial charge in [0.05, 0.1) is 5.39 Å². The molecule has 0 radical (unpaired) electrons. The van der Waals surface area contributed by atoms with Gasteiger partial charge in [0.2, 0.25) is 5.82 Å². The summed E-state index contributed by atoms with van der Waals surface area (Å²) in [6, 6.07) is 2.32. The van der Waals surface area contributed by atoms with Gasteiger partial charge in [-0.05, 0) is 38.3 Å². The minimum atomic E-state index is -0.174. The Morgan fingerprint density at radius 3 is 2.62 bits per heavy atom. The number of nitrogens with one attached hydrogen (secondary N) is 1. The number of pyridine rings is 1. The summed E-state index contributed by atoms with van der Waals surface area (Å²) in [5.74, 6) is 3.08. The lowest BCUT2D eigenvalue weighted by molar-refractivity contribution is 0.0927. The van der Waals surface area contributed by atoms with E-state index >= 15 is 0 Å². The quantitative estimate of drug-likeness (QED) is 0.895. The van der Waals surface area contributed by atoms with Gasteiger partial charge < -0.3 is 10.2 Å². The minimum absolute atomic E-state index is 0.174. The molecule has 0 unspecified atom stereocenters. The second kappa shape index (κ2) is 7.39. The fraction of sp³-hybridized carbons (Fsp3) is 0.579. The minimum Gasteiger partial charge on any atom is -0.354 e. The van der Waals surface area contributed by atoms with E-state index in [1.54, 1.807) is 0 Å². The van der Waals surface area contributed by atoms with Crippen LogP contribution >= 0.6 is 11.8 Å². The first-order valence-corrected chi connectivity index (χ1v) is 10.6. The molecule has 0 bridgehead atoms. The molecule has 4 rings (SSSR count). The van der Waals surface area contributed by atoms with Crippen LogP contribution in [0.3, 0.4) is 0 Å². The molecular weight excluding hydrogens is 346 g/mol. The summed E-state index contributed by atoms with van der Waals surface area (Å²) in [6.07, 6.45) is 4.46. The number of carbonyl (C=O) groups is 1. The highest BCUT2D eigenvalue weighted by Crippen LogP contribution is 2.29. The third-order valence-corrected chi connectivity index (χ3v) is 6.12. The first kappa shape index (κ1) is 17.5. The summed E-state index contributed by atoms with van der Waals surface area (Å²) in [6.45, 7) is 5.91. The van der Waals surface area contributed by atoms with E-state index in [2.05, 4.69) is 33.2 Å². The van der Waals surface area contributed by atoms with Crippen molar-refractivity contribution >= 4 is 34.5 Å². The van der Waals surface area contributed by atoms with Gasteiger partial charge in [-0.1, -0.05) is 12.8 Å². The first-order chi connectivity index (χ1) is 12.6. The van der Waals surface area contributed by atoms with Gasteiger partial charge in [-0.3, -0.25) is 4.79 Å². The fourth-order valence-corrected chi connectivity index (χ4v) is 4.78. The molecule has 6 nitrogen and oxygen atoms in total. The van der Waals surface area contributed by atoms with Crippen LogP contribution in [-0.2, 0) is 0 Å². The zero-order chi connectivity index (χ0) is 18.1. The molecule has 7 heteroatoms. The highest BCUT2D eigenvalue weighted by molar-refractivity contribution is 7.99. The van der Waals surface area contributed by atoms with Gasteiger partial charge in [0.25, 0.3) is 5.91 Å². The molecule has 1 saturated heterocycles. The van der Waals surface area contributed by atoms with Crippen LogP contribution in [0.2, 0.25) is 0 Å². The first-order valence-electron chi connectivity index (χ1n) is 9.41. The summed E-state index contributed by atoms with van der Waals surface area (Å²) in [7, 11) is 0. The second-order valence-electron chi connectivity index (χ2n) is 7.20. The topological polar surface area (TPSA) is 71.0 Å². The molecule has 0 atom stereocenters. The number of rotatable bonds is 3. The molecule has 2 aromatic heterocycles. The SMILES string of the molecule is Cc1cc(C)c2c(N3CCSCC3)nc(C(=O)NC3CCCC3)nc2n1. The number of fused-ring (bicyclic) bond motifs is 1. The van der Waals surface area contributed by atoms with Crippen LogP contribution in [0.5, 0.6) is 0 Å². The maximum atomic E-state index is 12.8. The van der Waals surface area contributed by atoms with E-state index in [9.17, 15) is 4.79 Å². The molecule has 1 aliphatic heterocycles. The van der Waals surface area contributed by atoms with Crippen LogP contribution < -0.4 is 10.2 Å². The van der Waals surface area contributed by atoms with Crippen molar-refractivity contribution in [3.63, 3.8) is 0 Å². The lowest BCUT2D eigenvalue weighted by atomic mass is 10.1. The Bertz CT molecular complexity index is 828. The predicted octanol–water partition coefficient (Wildman–Crippen LogP) is 2.87. The molecule has 3 heterocycles. The molecule has 0 spiro atoms. The summed E-state index contributed by atoms with van der Waals surface area (Å²) >= 11 is 1.96. The molecule has 1 saturated carbocycles. The number of aromatic nitrogens is 3. The van der Waals surface area contributed by atoms with Crippen molar-refractivity contribution in [3.8, 4) is 0 Å². The van der Waals surface area contributed by atoms with Crippen molar-refractivity contribution in [2.24, 2.45) is 0 Å². The van der Waals surface area contributed by atoms with Crippen LogP contribution in [0.4, 0.5) is 5.82 Å². The molecule has 2 aliphatic rings. The Hall–Kier alpha value is -1.89. The average Bonchev–Trinajstić information content (AvgIpc) is 3.14. The van der Waals surface area contributed by atoms with E-state index in [1.165, 1.54) is 12.8 Å². The molecule has 2 fully saturated rings. The van der Waals surface area contributed by atoms with Crippen LogP contribution in [-0.4, -0.2) is 51.5 Å². The Kier molecular flexibility index (Phi) is 4.98. The highest BCUT2D eigenvalue weighted by atomic mass is 32.2. The van der Waals surface area contributed by atoms with Crippen LogP contribution in [0, 0.1) is 13.8 Å². The van der Waals surface area contributed by atoms with Crippen molar-refractivity contribution < 1.29 is 4.79 Å². The summed E-state index contributed by atoms with van der Waals surface area (Å²) in [5.41, 5.74) is 2.65. The van der Waals surface area contributed by atoms with Gasteiger partial charge in [-0.25, -0.2) is 15.0 Å². The molecular formula is C19H25N5OS. The Labute approximate surface area is 158 Å². The standard InChI is InChI=1S/C19H25N5OS/c1-12-11-13(2)20-16-15(12)18(24-7-9-26-10-8-24)23-17(22-16)19(25)21-14-5-3-4-6-14/h11,14H,3-10H2,1-2H3,(H,21,25). The average molecular weight is 372 g/mol. The maximum absolute atomic E-state index is 12.8. The van der Waals surface area contributed by atoms with Crippen molar-refractivity contribution in [2.75, 3.05) is 29.5 Å². The van der Waals surface area contributed by atoms with Gasteiger partial charge in [-0.15, -0.1) is 0 Å². The number of thioether (sulfide) groups is 1. The number of hydrogen-bond donors (Lipinski definition) is 1. The van der Waals surface area contributed by atoms with E-state index in [0.29, 0.717) is 5.65 Å². The van der Waals surface area contributed by atoms with E-state index in [0.717, 1.165) is 59.9 Å². The van der Waals surface area contributed by atoms with Crippen molar-refractivity contribution in [2.45, 2.75) is 45.6 Å². The number of hydrogen-bond acceptors (Lipinski definition) is 6. The smallest absolute Gasteiger partial charge is 0.289 e. The highest BCUT2D eigenvalue weighted by Gasteiger charge is 2.24. The van der Waals surface area contributed by atoms with E-state index < -0.39 is 0 Å². The van der Waals surface area contributed by atoms with Crippen LogP contribution in [0.1, 0.15) is 47.6 Å². The Morgan fingerprint density at radius 1 is 1.15 bits per heavy atom. The molecule has 1 aliphatic carbocycles. The largest absolute Gasteiger partial charge is 0.354 e. The Balaban J connectivity index is 1.76. The zero-order valence-corrected chi connectivity index (χ0v) is 16.2. The third-order valence-electron chi connectivity index (χ3n) is 5.18. The second-order valence-corrected chi connectivity index (χ2v) is 8.43. The Morgan fingerprint density at radius 2 is 1.88 bits per heavy atom. The monoisotopic (exact) mass is 371 g/mol. The fourth-order valence-electron chi connectivity index (χ4n) is 3.88. The molecule has 138 valence electrons. The molecule has 26 heavy (non-hydrogen) atoms. The maximum Gasteiger partial charge on any atom is 0.289 e. The van der Waals surface area contributed by atoms with Gasteiger partial charge in [0.15, 0.2) is 5.65 Å². The summed E-state index contributed by atoms with van der Waals surface area (Å²) in [5, 5.41) is 4.08.